The Hall–Kier alpha value is -1.81. The van der Waals surface area contributed by atoms with E-state index < -0.39 is 21.7 Å². The van der Waals surface area contributed by atoms with E-state index >= 15 is 0 Å². The van der Waals surface area contributed by atoms with Gasteiger partial charge in [-0.3, -0.25) is 4.79 Å². The zero-order valence-corrected chi connectivity index (χ0v) is 15.4. The number of sulfone groups is 1. The fourth-order valence-corrected chi connectivity index (χ4v) is 2.90. The van der Waals surface area contributed by atoms with E-state index in [1.165, 1.54) is 23.2 Å². The second-order valence-electron chi connectivity index (χ2n) is 4.38. The van der Waals surface area contributed by atoms with E-state index in [-0.39, 0.29) is 46.0 Å². The van der Waals surface area contributed by atoms with Crippen molar-refractivity contribution in [2.24, 2.45) is 16.5 Å². The molecule has 0 spiro atoms. The van der Waals surface area contributed by atoms with Crippen LogP contribution in [0.5, 0.6) is 0 Å². The average Bonchev–Trinajstić information content (AvgIpc) is 2.89. The van der Waals surface area contributed by atoms with Crippen molar-refractivity contribution in [2.45, 2.75) is 4.90 Å². The van der Waals surface area contributed by atoms with Gasteiger partial charge in [0.15, 0.2) is 15.8 Å². The van der Waals surface area contributed by atoms with Gasteiger partial charge in [0.2, 0.25) is 0 Å². The van der Waals surface area contributed by atoms with Gasteiger partial charge in [-0.1, -0.05) is 11.6 Å². The van der Waals surface area contributed by atoms with Crippen LogP contribution in [0.25, 0.3) is 5.69 Å². The average molecular weight is 415 g/mol. The maximum absolute atomic E-state index is 12.0. The van der Waals surface area contributed by atoms with Gasteiger partial charge in [0.05, 0.1) is 27.5 Å². The lowest BCUT2D eigenvalue weighted by molar-refractivity contribution is 0.100. The molecule has 0 unspecified atom stereocenters. The smallest absolute Gasteiger partial charge is 0.281 e. The number of hydrogen-bond donors (Lipinski definition) is 2. The standard InChI is InChI=1S/C12H12ClN5O3S.2ClH/c1-22(20,21)10-4-7(11(19)17-12(14)15)8(13)5-9(10)18-3-2-16-6-18;;/h2-6H,1H3,(H4,14,15,17,19);2*1H. The maximum atomic E-state index is 12.0. The minimum Gasteiger partial charge on any atom is -0.370 e. The fourth-order valence-electron chi connectivity index (χ4n) is 1.78. The lowest BCUT2D eigenvalue weighted by atomic mass is 10.2. The molecule has 4 N–H and O–H groups in total. The molecule has 0 aliphatic carbocycles. The van der Waals surface area contributed by atoms with Crippen LogP contribution in [0.4, 0.5) is 0 Å². The molecular weight excluding hydrogens is 401 g/mol. The highest BCUT2D eigenvalue weighted by molar-refractivity contribution is 7.90. The minimum absolute atomic E-state index is 0. The van der Waals surface area contributed by atoms with Crippen LogP contribution in [0, 0.1) is 0 Å². The van der Waals surface area contributed by atoms with Gasteiger partial charge in [0, 0.05) is 18.6 Å². The number of aliphatic imine (C=N–C) groups is 1. The number of benzene rings is 1. The van der Waals surface area contributed by atoms with Gasteiger partial charge in [-0.25, -0.2) is 13.4 Å². The van der Waals surface area contributed by atoms with E-state index in [0.717, 1.165) is 12.3 Å². The van der Waals surface area contributed by atoms with Gasteiger partial charge in [-0.05, 0) is 12.1 Å². The summed E-state index contributed by atoms with van der Waals surface area (Å²) >= 11 is 6.05. The summed E-state index contributed by atoms with van der Waals surface area (Å²) in [5.74, 6) is -1.27. The van der Waals surface area contributed by atoms with Crippen molar-refractivity contribution in [3.05, 3.63) is 41.4 Å². The Labute approximate surface area is 155 Å². The lowest BCUT2D eigenvalue weighted by Crippen LogP contribution is -2.24. The van der Waals surface area contributed by atoms with Crippen LogP contribution in [-0.2, 0) is 9.84 Å². The predicted molar refractivity (Wildman–Crippen MR) is 96.3 cm³/mol. The number of nitrogens with two attached hydrogens (primary N) is 2. The number of aromatic nitrogens is 2. The molecule has 0 bridgehead atoms. The number of guanidine groups is 1. The quantitative estimate of drug-likeness (QED) is 0.572. The summed E-state index contributed by atoms with van der Waals surface area (Å²) in [6.07, 6.45) is 5.47. The normalized spacial score (nSPS) is 10.2. The van der Waals surface area contributed by atoms with E-state index in [2.05, 4.69) is 9.98 Å². The van der Waals surface area contributed by atoms with E-state index in [0.29, 0.717) is 0 Å². The molecular formula is C12H14Cl3N5O3S. The summed E-state index contributed by atoms with van der Waals surface area (Å²) in [7, 11) is -3.63. The SMILES string of the molecule is CS(=O)(=O)c1cc(C(=O)N=C(N)N)c(Cl)cc1-n1ccnc1.Cl.Cl. The van der Waals surface area contributed by atoms with E-state index in [9.17, 15) is 13.2 Å². The van der Waals surface area contributed by atoms with Crippen LogP contribution in [0.15, 0.2) is 40.7 Å². The zero-order chi connectivity index (χ0) is 16.5. The number of halogens is 3. The Balaban J connectivity index is 0.00000264. The van der Waals surface area contributed by atoms with Gasteiger partial charge in [0.25, 0.3) is 5.91 Å². The summed E-state index contributed by atoms with van der Waals surface area (Å²) in [5.41, 5.74) is 10.4. The molecule has 0 saturated heterocycles. The van der Waals surface area contributed by atoms with Crippen molar-refractivity contribution in [2.75, 3.05) is 6.26 Å². The van der Waals surface area contributed by atoms with Crippen molar-refractivity contribution >= 4 is 58.1 Å². The Morgan fingerprint density at radius 1 is 1.29 bits per heavy atom. The summed E-state index contributed by atoms with van der Waals surface area (Å²) in [6, 6.07) is 2.48. The first-order chi connectivity index (χ1) is 10.2. The third-order valence-electron chi connectivity index (χ3n) is 2.69. The molecule has 0 aliphatic heterocycles. The summed E-state index contributed by atoms with van der Waals surface area (Å²) in [5, 5.41) is 0.0195. The Kier molecular flexibility index (Phi) is 7.71. The number of hydrogen-bond acceptors (Lipinski definition) is 4. The molecule has 2 rings (SSSR count). The molecule has 1 aromatic carbocycles. The van der Waals surface area contributed by atoms with E-state index in [1.807, 2.05) is 0 Å². The molecule has 0 fully saturated rings. The number of carbonyl (C=O) groups excluding carboxylic acids is 1. The molecule has 0 radical (unpaired) electrons. The first-order valence-electron chi connectivity index (χ1n) is 5.86. The highest BCUT2D eigenvalue weighted by atomic mass is 35.5. The Morgan fingerprint density at radius 2 is 1.92 bits per heavy atom. The number of imidazole rings is 1. The number of carbonyl (C=O) groups is 1. The molecule has 12 heteroatoms. The van der Waals surface area contributed by atoms with E-state index in [1.54, 1.807) is 6.20 Å². The molecule has 24 heavy (non-hydrogen) atoms. The van der Waals surface area contributed by atoms with Crippen LogP contribution >= 0.6 is 36.4 Å². The summed E-state index contributed by atoms with van der Waals surface area (Å²) in [4.78, 5) is 19.0. The molecule has 0 saturated carbocycles. The minimum atomic E-state index is -3.63. The molecule has 0 aliphatic rings. The van der Waals surface area contributed by atoms with Gasteiger partial charge in [0.1, 0.15) is 0 Å². The number of rotatable bonds is 3. The summed E-state index contributed by atoms with van der Waals surface area (Å²) in [6.45, 7) is 0. The maximum Gasteiger partial charge on any atom is 0.281 e. The van der Waals surface area contributed by atoms with Crippen molar-refractivity contribution < 1.29 is 13.2 Å². The molecule has 1 heterocycles. The predicted octanol–water partition coefficient (Wildman–Crippen LogP) is 1.19. The first kappa shape index (κ1) is 22.2. The van der Waals surface area contributed by atoms with Crippen LogP contribution in [-0.4, -0.2) is 36.1 Å². The third-order valence-corrected chi connectivity index (χ3v) is 4.13. The highest BCUT2D eigenvalue weighted by Crippen LogP contribution is 2.28. The van der Waals surface area contributed by atoms with Crippen molar-refractivity contribution in [1.82, 2.24) is 9.55 Å². The lowest BCUT2D eigenvalue weighted by Gasteiger charge is -2.11. The Bertz CT molecular complexity index is 862. The molecule has 0 atom stereocenters. The van der Waals surface area contributed by atoms with Gasteiger partial charge in [-0.2, -0.15) is 4.99 Å². The highest BCUT2D eigenvalue weighted by Gasteiger charge is 2.21. The van der Waals surface area contributed by atoms with Crippen molar-refractivity contribution in [1.29, 1.82) is 0 Å². The van der Waals surface area contributed by atoms with Gasteiger partial charge >= 0.3 is 0 Å². The second kappa shape index (κ2) is 8.34. The monoisotopic (exact) mass is 413 g/mol. The second-order valence-corrected chi connectivity index (χ2v) is 6.78. The Morgan fingerprint density at radius 3 is 2.38 bits per heavy atom. The first-order valence-corrected chi connectivity index (χ1v) is 8.13. The molecule has 132 valence electrons. The van der Waals surface area contributed by atoms with E-state index in [4.69, 9.17) is 23.1 Å². The van der Waals surface area contributed by atoms with Crippen molar-refractivity contribution in [3.8, 4) is 5.69 Å². The summed E-state index contributed by atoms with van der Waals surface area (Å²) < 4.78 is 25.4. The fraction of sp³-hybridized carbons (Fsp3) is 0.0833. The topological polar surface area (TPSA) is 133 Å². The third kappa shape index (κ3) is 4.84. The molecule has 2 aromatic rings. The van der Waals surface area contributed by atoms with Crippen LogP contribution < -0.4 is 11.5 Å². The van der Waals surface area contributed by atoms with Crippen molar-refractivity contribution in [3.63, 3.8) is 0 Å². The molecule has 1 aromatic heterocycles. The van der Waals surface area contributed by atoms with Crippen LogP contribution in [0.2, 0.25) is 5.02 Å². The van der Waals surface area contributed by atoms with Gasteiger partial charge in [-0.15, -0.1) is 24.8 Å². The van der Waals surface area contributed by atoms with Crippen LogP contribution in [0.1, 0.15) is 10.4 Å². The molecule has 8 nitrogen and oxygen atoms in total. The zero-order valence-electron chi connectivity index (χ0n) is 12.2. The van der Waals surface area contributed by atoms with Crippen LogP contribution in [0.3, 0.4) is 0 Å². The van der Waals surface area contributed by atoms with Gasteiger partial charge < -0.3 is 16.0 Å². The number of amides is 1. The number of nitrogens with zero attached hydrogens (tertiary/aromatic N) is 3. The largest absolute Gasteiger partial charge is 0.370 e. The molecule has 1 amide bonds.